The van der Waals surface area contributed by atoms with E-state index in [1.807, 2.05) is 0 Å². The minimum absolute atomic E-state index is 0.0216. The summed E-state index contributed by atoms with van der Waals surface area (Å²) in [6.07, 6.45) is 0.665. The molecule has 0 radical (unpaired) electrons. The lowest BCUT2D eigenvalue weighted by Crippen LogP contribution is -2.44. The number of aliphatic imine (C=N–C) groups is 2. The van der Waals surface area contributed by atoms with Crippen LogP contribution in [-0.2, 0) is 6.18 Å². The number of halogens is 4. The van der Waals surface area contributed by atoms with Gasteiger partial charge in [0.05, 0.1) is 30.1 Å². The number of hydrogen-bond acceptors (Lipinski definition) is 5. The summed E-state index contributed by atoms with van der Waals surface area (Å²) < 4.78 is 51.9. The highest BCUT2D eigenvalue weighted by atomic mass is 19.4. The summed E-state index contributed by atoms with van der Waals surface area (Å²) in [7, 11) is 0. The predicted molar refractivity (Wildman–Crippen MR) is 97.5 cm³/mol. The molecule has 0 saturated carbocycles. The van der Waals surface area contributed by atoms with E-state index in [1.54, 1.807) is 6.07 Å². The Balaban J connectivity index is 2.40. The zero-order valence-electron chi connectivity index (χ0n) is 15.2. The van der Waals surface area contributed by atoms with Gasteiger partial charge in [0.2, 0.25) is 0 Å². The third-order valence-corrected chi connectivity index (χ3v) is 3.71. The molecule has 0 saturated heterocycles. The zero-order valence-corrected chi connectivity index (χ0v) is 15.2. The van der Waals surface area contributed by atoms with Crippen LogP contribution in [0.3, 0.4) is 0 Å². The van der Waals surface area contributed by atoms with E-state index in [4.69, 9.17) is 5.73 Å². The summed E-state index contributed by atoms with van der Waals surface area (Å²) >= 11 is 0. The average molecular weight is 411 g/mol. The lowest BCUT2D eigenvalue weighted by atomic mass is 10.1. The molecule has 2 heterocycles. The van der Waals surface area contributed by atoms with Crippen molar-refractivity contribution >= 4 is 24.0 Å². The van der Waals surface area contributed by atoms with Gasteiger partial charge in [-0.2, -0.15) is 18.2 Å². The molecule has 1 unspecified atom stereocenters. The molecule has 0 aromatic carbocycles. The number of hydrogen-bond donors (Lipinski definition) is 1. The van der Waals surface area contributed by atoms with Crippen LogP contribution in [0, 0.1) is 0 Å². The van der Waals surface area contributed by atoms with Gasteiger partial charge in [-0.15, -0.1) is 0 Å². The van der Waals surface area contributed by atoms with Crippen LogP contribution in [0.25, 0.3) is 0 Å². The molecule has 2 rings (SSSR count). The molecular weight excluding hydrogens is 394 g/mol. The SMILES string of the molecule is CC(C(N=CN)=Nc1ncccn1)N(CCF)C(=O)c1cncc(C(F)(F)F)c1. The highest BCUT2D eigenvalue weighted by molar-refractivity contribution is 6.00. The second-order valence-electron chi connectivity index (χ2n) is 5.62. The van der Waals surface area contributed by atoms with Crippen LogP contribution in [0.5, 0.6) is 0 Å². The molecule has 8 nitrogen and oxygen atoms in total. The van der Waals surface area contributed by atoms with E-state index in [1.165, 1.54) is 19.3 Å². The van der Waals surface area contributed by atoms with Crippen LogP contribution in [0.2, 0.25) is 0 Å². The normalized spacial score (nSPS) is 13.5. The van der Waals surface area contributed by atoms with Gasteiger partial charge in [0.15, 0.2) is 5.84 Å². The molecular formula is C17H17F4N7O. The Morgan fingerprint density at radius 3 is 2.59 bits per heavy atom. The van der Waals surface area contributed by atoms with Crippen LogP contribution in [0.15, 0.2) is 46.9 Å². The number of amides is 1. The van der Waals surface area contributed by atoms with Gasteiger partial charge >= 0.3 is 6.18 Å². The summed E-state index contributed by atoms with van der Waals surface area (Å²) in [6.45, 7) is 0.123. The highest BCUT2D eigenvalue weighted by Crippen LogP contribution is 2.29. The third kappa shape index (κ3) is 5.77. The maximum atomic E-state index is 13.1. The fraction of sp³-hybridized carbons (Fsp3) is 0.294. The van der Waals surface area contributed by atoms with Crippen molar-refractivity contribution in [3.63, 3.8) is 0 Å². The van der Waals surface area contributed by atoms with Gasteiger partial charge in [0, 0.05) is 24.8 Å². The number of amidine groups is 1. The van der Waals surface area contributed by atoms with Gasteiger partial charge < -0.3 is 10.6 Å². The fourth-order valence-electron chi connectivity index (χ4n) is 2.34. The van der Waals surface area contributed by atoms with Crippen molar-refractivity contribution in [2.75, 3.05) is 13.2 Å². The number of carbonyl (C=O) groups excluding carboxylic acids is 1. The molecule has 1 amide bonds. The monoisotopic (exact) mass is 411 g/mol. The molecule has 0 spiro atoms. The maximum Gasteiger partial charge on any atom is 0.417 e. The Kier molecular flexibility index (Phi) is 7.28. The van der Waals surface area contributed by atoms with Crippen molar-refractivity contribution in [3.8, 4) is 0 Å². The first-order chi connectivity index (χ1) is 13.8. The van der Waals surface area contributed by atoms with E-state index < -0.39 is 36.9 Å². The molecule has 0 fully saturated rings. The lowest BCUT2D eigenvalue weighted by Gasteiger charge is -2.28. The number of rotatable bonds is 6. The number of nitrogens with two attached hydrogens (primary N) is 1. The van der Waals surface area contributed by atoms with Crippen LogP contribution in [0.1, 0.15) is 22.8 Å². The number of alkyl halides is 4. The summed E-state index contributed by atoms with van der Waals surface area (Å²) in [5, 5.41) is 0. The van der Waals surface area contributed by atoms with Gasteiger partial charge in [-0.1, -0.05) is 0 Å². The molecule has 12 heteroatoms. The van der Waals surface area contributed by atoms with E-state index in [-0.39, 0.29) is 17.3 Å². The Labute approximate surface area is 163 Å². The van der Waals surface area contributed by atoms with Crippen LogP contribution in [0.4, 0.5) is 23.5 Å². The number of nitrogens with zero attached hydrogens (tertiary/aromatic N) is 6. The Bertz CT molecular complexity index is 887. The zero-order chi connectivity index (χ0) is 21.4. The van der Waals surface area contributed by atoms with Gasteiger partial charge in [0.25, 0.3) is 11.9 Å². The molecule has 2 aromatic heterocycles. The lowest BCUT2D eigenvalue weighted by molar-refractivity contribution is -0.137. The first-order valence-electron chi connectivity index (χ1n) is 8.27. The quantitative estimate of drug-likeness (QED) is 0.446. The van der Waals surface area contributed by atoms with Crippen LogP contribution in [-0.4, -0.2) is 57.2 Å². The molecule has 2 N–H and O–H groups in total. The summed E-state index contributed by atoms with van der Waals surface area (Å²) in [6, 6.07) is 1.27. The molecule has 0 bridgehead atoms. The van der Waals surface area contributed by atoms with Crippen molar-refractivity contribution < 1.29 is 22.4 Å². The third-order valence-electron chi connectivity index (χ3n) is 3.71. The van der Waals surface area contributed by atoms with Gasteiger partial charge in [0.1, 0.15) is 6.67 Å². The van der Waals surface area contributed by atoms with Gasteiger partial charge in [-0.25, -0.2) is 19.4 Å². The van der Waals surface area contributed by atoms with Crippen LogP contribution >= 0.6 is 0 Å². The first-order valence-corrected chi connectivity index (χ1v) is 8.27. The first kappa shape index (κ1) is 21.9. The Morgan fingerprint density at radius 2 is 2.00 bits per heavy atom. The summed E-state index contributed by atoms with van der Waals surface area (Å²) in [5.74, 6) is -0.878. The van der Waals surface area contributed by atoms with E-state index >= 15 is 0 Å². The van der Waals surface area contributed by atoms with Crippen molar-refractivity contribution in [1.29, 1.82) is 0 Å². The minimum Gasteiger partial charge on any atom is -0.390 e. The van der Waals surface area contributed by atoms with Gasteiger partial charge in [-0.3, -0.25) is 9.78 Å². The fourth-order valence-corrected chi connectivity index (χ4v) is 2.34. The molecule has 29 heavy (non-hydrogen) atoms. The molecule has 0 aliphatic carbocycles. The van der Waals surface area contributed by atoms with E-state index in [0.29, 0.717) is 12.3 Å². The van der Waals surface area contributed by atoms with Gasteiger partial charge in [-0.05, 0) is 19.1 Å². The van der Waals surface area contributed by atoms with Crippen LogP contribution < -0.4 is 5.73 Å². The topological polar surface area (TPSA) is 110 Å². The van der Waals surface area contributed by atoms with E-state index in [9.17, 15) is 22.4 Å². The van der Waals surface area contributed by atoms with Crippen molar-refractivity contribution in [1.82, 2.24) is 19.9 Å². The van der Waals surface area contributed by atoms with Crippen molar-refractivity contribution in [2.45, 2.75) is 19.1 Å². The molecule has 0 aliphatic heterocycles. The largest absolute Gasteiger partial charge is 0.417 e. The highest BCUT2D eigenvalue weighted by Gasteiger charge is 2.33. The van der Waals surface area contributed by atoms with Crippen molar-refractivity contribution in [2.24, 2.45) is 15.7 Å². The summed E-state index contributed by atoms with van der Waals surface area (Å²) in [4.78, 5) is 33.0. The molecule has 154 valence electrons. The number of aromatic nitrogens is 3. The van der Waals surface area contributed by atoms with E-state index in [2.05, 4.69) is 24.9 Å². The Morgan fingerprint density at radius 1 is 1.31 bits per heavy atom. The maximum absolute atomic E-state index is 13.1. The summed E-state index contributed by atoms with van der Waals surface area (Å²) in [5.41, 5.74) is 3.87. The van der Waals surface area contributed by atoms with Crippen molar-refractivity contribution in [3.05, 3.63) is 48.0 Å². The minimum atomic E-state index is -4.68. The number of carbonyl (C=O) groups is 1. The number of pyridine rings is 1. The molecule has 0 aliphatic rings. The Hall–Kier alpha value is -3.44. The molecule has 2 aromatic rings. The second-order valence-corrected chi connectivity index (χ2v) is 5.62. The predicted octanol–water partition coefficient (Wildman–Crippen LogP) is 2.41. The smallest absolute Gasteiger partial charge is 0.390 e. The van der Waals surface area contributed by atoms with E-state index in [0.717, 1.165) is 17.4 Å². The average Bonchev–Trinajstić information content (AvgIpc) is 2.71. The molecule has 1 atom stereocenters. The standard InChI is InChI=1S/C17H17F4N7O/c1-11(14(26-10-22)27-16-24-4-2-5-25-16)28(6-3-18)15(29)12-7-13(9-23-8-12)17(19,20)21/h2,4-5,7-11H,3,6H2,1H3,(H2,22,24,25,26,27). The second kappa shape index (κ2) is 9.66.